The monoisotopic (exact) mass is 400 g/mol. The molecule has 148 valence electrons. The van der Waals surface area contributed by atoms with Crippen molar-refractivity contribution >= 4 is 27.4 Å². The van der Waals surface area contributed by atoms with Crippen molar-refractivity contribution in [1.82, 2.24) is 4.31 Å². The van der Waals surface area contributed by atoms with Gasteiger partial charge in [-0.25, -0.2) is 8.42 Å². The van der Waals surface area contributed by atoms with Crippen LogP contribution in [0.25, 0.3) is 0 Å². The molecule has 28 heavy (non-hydrogen) atoms. The highest BCUT2D eigenvalue weighted by molar-refractivity contribution is 7.89. The van der Waals surface area contributed by atoms with Gasteiger partial charge in [0.05, 0.1) is 5.75 Å². The smallest absolute Gasteiger partial charge is 0.242 e. The van der Waals surface area contributed by atoms with Crippen LogP contribution in [-0.2, 0) is 14.8 Å². The van der Waals surface area contributed by atoms with Crippen LogP contribution in [0.1, 0.15) is 42.1 Å². The number of nitrogens with zero attached hydrogens (tertiary/aromatic N) is 1. The summed E-state index contributed by atoms with van der Waals surface area (Å²) in [6.45, 7) is 2.17. The van der Waals surface area contributed by atoms with E-state index in [9.17, 15) is 18.0 Å². The minimum absolute atomic E-state index is 0.0395. The Labute approximate surface area is 165 Å². The fraction of sp³-hybridized carbons (Fsp3) is 0.333. The van der Waals surface area contributed by atoms with E-state index in [2.05, 4.69) is 5.32 Å². The molecule has 1 aliphatic heterocycles. The maximum Gasteiger partial charge on any atom is 0.242 e. The number of hydrogen-bond acceptors (Lipinski definition) is 4. The normalized spacial score (nSPS) is 17.4. The standard InChI is InChI=1S/C21H24N2O4S/c1-2-14-28(26,27)23-13-7-12-19(23)21(25)22-18-11-6-10-17(15-18)20(24)16-8-4-3-5-9-16/h3-6,8-11,15,19H,2,7,12-14H2,1H3,(H,22,25). The lowest BCUT2D eigenvalue weighted by atomic mass is 10.0. The number of carbonyl (C=O) groups is 2. The average Bonchev–Trinajstić information content (AvgIpc) is 3.19. The molecule has 1 unspecified atom stereocenters. The van der Waals surface area contributed by atoms with Crippen LogP contribution >= 0.6 is 0 Å². The molecule has 0 aliphatic carbocycles. The van der Waals surface area contributed by atoms with Crippen molar-refractivity contribution in [3.63, 3.8) is 0 Å². The van der Waals surface area contributed by atoms with Crippen molar-refractivity contribution in [3.05, 3.63) is 65.7 Å². The maximum atomic E-state index is 12.7. The van der Waals surface area contributed by atoms with Crippen molar-refractivity contribution in [3.8, 4) is 0 Å². The minimum Gasteiger partial charge on any atom is -0.325 e. The van der Waals surface area contributed by atoms with E-state index in [0.717, 1.165) is 0 Å². The molecular formula is C21H24N2O4S. The Morgan fingerprint density at radius 2 is 1.79 bits per heavy atom. The van der Waals surface area contributed by atoms with E-state index in [0.29, 0.717) is 42.6 Å². The summed E-state index contributed by atoms with van der Waals surface area (Å²) in [7, 11) is -3.44. The number of ketones is 1. The van der Waals surface area contributed by atoms with Gasteiger partial charge in [-0.05, 0) is 31.4 Å². The zero-order chi connectivity index (χ0) is 20.1. The molecule has 0 saturated carbocycles. The second-order valence-electron chi connectivity index (χ2n) is 6.85. The van der Waals surface area contributed by atoms with E-state index in [1.807, 2.05) is 6.07 Å². The van der Waals surface area contributed by atoms with Gasteiger partial charge in [-0.15, -0.1) is 0 Å². The molecular weight excluding hydrogens is 376 g/mol. The third-order valence-corrected chi connectivity index (χ3v) is 6.83. The summed E-state index contributed by atoms with van der Waals surface area (Å²) in [5, 5.41) is 2.78. The van der Waals surface area contributed by atoms with Gasteiger partial charge in [-0.2, -0.15) is 4.31 Å². The Kier molecular flexibility index (Phi) is 6.26. The first-order valence-electron chi connectivity index (χ1n) is 9.42. The maximum absolute atomic E-state index is 12.7. The highest BCUT2D eigenvalue weighted by Gasteiger charge is 2.38. The summed E-state index contributed by atoms with van der Waals surface area (Å²) in [6, 6.07) is 14.9. The van der Waals surface area contributed by atoms with E-state index in [1.54, 1.807) is 55.5 Å². The molecule has 1 amide bonds. The molecule has 0 bridgehead atoms. The van der Waals surface area contributed by atoms with Crippen LogP contribution in [0.5, 0.6) is 0 Å². The number of rotatable bonds is 7. The van der Waals surface area contributed by atoms with Crippen molar-refractivity contribution in [2.45, 2.75) is 32.2 Å². The number of sulfonamides is 1. The molecule has 6 nitrogen and oxygen atoms in total. The predicted molar refractivity (Wildman–Crippen MR) is 109 cm³/mol. The van der Waals surface area contributed by atoms with Gasteiger partial charge in [0.15, 0.2) is 5.78 Å². The third-order valence-electron chi connectivity index (χ3n) is 4.75. The highest BCUT2D eigenvalue weighted by atomic mass is 32.2. The molecule has 1 heterocycles. The number of amides is 1. The van der Waals surface area contributed by atoms with Crippen molar-refractivity contribution in [2.75, 3.05) is 17.6 Å². The highest BCUT2D eigenvalue weighted by Crippen LogP contribution is 2.24. The average molecular weight is 401 g/mol. The van der Waals surface area contributed by atoms with Crippen LogP contribution in [0.2, 0.25) is 0 Å². The van der Waals surface area contributed by atoms with Crippen molar-refractivity contribution < 1.29 is 18.0 Å². The van der Waals surface area contributed by atoms with E-state index >= 15 is 0 Å². The van der Waals surface area contributed by atoms with Gasteiger partial charge in [0.2, 0.25) is 15.9 Å². The summed E-state index contributed by atoms with van der Waals surface area (Å²) in [4.78, 5) is 25.3. The summed E-state index contributed by atoms with van der Waals surface area (Å²) < 4.78 is 26.1. The number of carbonyl (C=O) groups excluding carboxylic acids is 2. The summed E-state index contributed by atoms with van der Waals surface area (Å²) >= 11 is 0. The van der Waals surface area contributed by atoms with Gasteiger partial charge in [0.25, 0.3) is 0 Å². The molecule has 1 fully saturated rings. The minimum atomic E-state index is -3.44. The molecule has 2 aromatic carbocycles. The Bertz CT molecular complexity index is 957. The Balaban J connectivity index is 1.75. The second-order valence-corrected chi connectivity index (χ2v) is 8.89. The zero-order valence-electron chi connectivity index (χ0n) is 15.8. The number of anilines is 1. The molecule has 0 radical (unpaired) electrons. The van der Waals surface area contributed by atoms with Crippen LogP contribution < -0.4 is 5.32 Å². The van der Waals surface area contributed by atoms with Gasteiger partial charge >= 0.3 is 0 Å². The Morgan fingerprint density at radius 1 is 1.07 bits per heavy atom. The summed E-state index contributed by atoms with van der Waals surface area (Å²) in [5.74, 6) is -0.455. The Morgan fingerprint density at radius 3 is 2.50 bits per heavy atom. The first kappa shape index (κ1) is 20.2. The SMILES string of the molecule is CCCS(=O)(=O)N1CCCC1C(=O)Nc1cccc(C(=O)c2ccccc2)c1. The molecule has 3 rings (SSSR count). The molecule has 1 saturated heterocycles. The number of hydrogen-bond donors (Lipinski definition) is 1. The van der Waals surface area contributed by atoms with Gasteiger partial charge in [0.1, 0.15) is 6.04 Å². The summed E-state index contributed by atoms with van der Waals surface area (Å²) in [5.41, 5.74) is 1.51. The number of nitrogens with one attached hydrogen (secondary N) is 1. The van der Waals surface area contributed by atoms with E-state index in [4.69, 9.17) is 0 Å². The van der Waals surface area contributed by atoms with Gasteiger partial charge < -0.3 is 5.32 Å². The van der Waals surface area contributed by atoms with Gasteiger partial charge in [-0.1, -0.05) is 49.4 Å². The van der Waals surface area contributed by atoms with Crippen LogP contribution in [0.15, 0.2) is 54.6 Å². The molecule has 0 spiro atoms. The fourth-order valence-electron chi connectivity index (χ4n) is 3.43. The molecule has 0 aromatic heterocycles. The largest absolute Gasteiger partial charge is 0.325 e. The van der Waals surface area contributed by atoms with E-state index in [-0.39, 0.29) is 17.4 Å². The topological polar surface area (TPSA) is 83.6 Å². The lowest BCUT2D eigenvalue weighted by molar-refractivity contribution is -0.119. The summed E-state index contributed by atoms with van der Waals surface area (Å²) in [6.07, 6.45) is 1.67. The molecule has 7 heteroatoms. The lowest BCUT2D eigenvalue weighted by Gasteiger charge is -2.23. The first-order chi connectivity index (χ1) is 13.4. The van der Waals surface area contributed by atoms with Crippen molar-refractivity contribution in [2.24, 2.45) is 0 Å². The quantitative estimate of drug-likeness (QED) is 0.724. The zero-order valence-corrected chi connectivity index (χ0v) is 16.6. The van der Waals surface area contributed by atoms with Crippen molar-refractivity contribution in [1.29, 1.82) is 0 Å². The van der Waals surface area contributed by atoms with E-state index in [1.165, 1.54) is 4.31 Å². The van der Waals surface area contributed by atoms with Crippen LogP contribution in [0, 0.1) is 0 Å². The Hall–Kier alpha value is -2.51. The van der Waals surface area contributed by atoms with Crippen LogP contribution in [0.4, 0.5) is 5.69 Å². The van der Waals surface area contributed by atoms with Crippen LogP contribution in [-0.4, -0.2) is 42.8 Å². The number of benzene rings is 2. The molecule has 1 atom stereocenters. The van der Waals surface area contributed by atoms with E-state index < -0.39 is 16.1 Å². The van der Waals surface area contributed by atoms with Crippen LogP contribution in [0.3, 0.4) is 0 Å². The lowest BCUT2D eigenvalue weighted by Crippen LogP contribution is -2.44. The molecule has 1 aliphatic rings. The fourth-order valence-corrected chi connectivity index (χ4v) is 5.18. The third kappa shape index (κ3) is 4.48. The molecule has 1 N–H and O–H groups in total. The molecule has 2 aromatic rings. The second kappa shape index (κ2) is 8.67. The first-order valence-corrected chi connectivity index (χ1v) is 11.0. The van der Waals surface area contributed by atoms with Gasteiger partial charge in [0, 0.05) is 23.4 Å². The predicted octanol–water partition coefficient (Wildman–Crippen LogP) is 3.06. The van der Waals surface area contributed by atoms with Gasteiger partial charge in [-0.3, -0.25) is 9.59 Å².